The van der Waals surface area contributed by atoms with Gasteiger partial charge in [-0.05, 0) is 47.2 Å². The monoisotopic (exact) mass is 277 g/mol. The van der Waals surface area contributed by atoms with E-state index in [2.05, 4.69) is 22.4 Å². The van der Waals surface area contributed by atoms with Gasteiger partial charge in [-0.2, -0.15) is 0 Å². The summed E-state index contributed by atoms with van der Waals surface area (Å²) in [5, 5.41) is 12.4. The molecule has 0 radical (unpaired) electrons. The Kier molecular flexibility index (Phi) is 3.14. The molecule has 0 bridgehead atoms. The zero-order valence-electron chi connectivity index (χ0n) is 10.8. The van der Waals surface area contributed by atoms with E-state index in [1.165, 1.54) is 12.8 Å². The third-order valence-electron chi connectivity index (χ3n) is 3.69. The first kappa shape index (κ1) is 12.4. The number of benzene rings is 1. The molecule has 1 unspecified atom stereocenters. The van der Waals surface area contributed by atoms with Gasteiger partial charge in [-0.1, -0.05) is 24.6 Å². The Morgan fingerprint density at radius 3 is 3.00 bits per heavy atom. The van der Waals surface area contributed by atoms with Gasteiger partial charge in [0.05, 0.1) is 10.7 Å². The van der Waals surface area contributed by atoms with Crippen molar-refractivity contribution in [3.63, 3.8) is 0 Å². The summed E-state index contributed by atoms with van der Waals surface area (Å²) in [5.74, 6) is 2.08. The second-order valence-electron chi connectivity index (χ2n) is 5.21. The van der Waals surface area contributed by atoms with Crippen LogP contribution in [-0.4, -0.2) is 20.2 Å². The van der Waals surface area contributed by atoms with Crippen molar-refractivity contribution in [3.8, 4) is 11.4 Å². The van der Waals surface area contributed by atoms with E-state index in [1.807, 2.05) is 16.8 Å². The fourth-order valence-corrected chi connectivity index (χ4v) is 2.54. The Hall–Kier alpha value is -1.62. The molecule has 3 rings (SSSR count). The highest BCUT2D eigenvalue weighted by molar-refractivity contribution is 6.35. The molecule has 2 aromatic rings. The second kappa shape index (κ2) is 4.81. The van der Waals surface area contributed by atoms with Crippen LogP contribution in [0.4, 0.5) is 5.69 Å². The number of hydrogen-bond donors (Lipinski definition) is 1. The SMILES string of the molecule is CC(Cn1nnnc1-c1cccc(N)c1Cl)C1CC1. The van der Waals surface area contributed by atoms with Crippen molar-refractivity contribution in [2.24, 2.45) is 11.8 Å². The summed E-state index contributed by atoms with van der Waals surface area (Å²) >= 11 is 6.23. The highest BCUT2D eigenvalue weighted by atomic mass is 35.5. The molecule has 100 valence electrons. The molecular weight excluding hydrogens is 262 g/mol. The van der Waals surface area contributed by atoms with E-state index < -0.39 is 0 Å². The lowest BCUT2D eigenvalue weighted by Gasteiger charge is -2.12. The molecule has 0 amide bonds. The quantitative estimate of drug-likeness (QED) is 0.872. The van der Waals surface area contributed by atoms with Gasteiger partial charge < -0.3 is 5.73 Å². The number of nitrogens with zero attached hydrogens (tertiary/aromatic N) is 4. The van der Waals surface area contributed by atoms with Crippen LogP contribution in [0.15, 0.2) is 18.2 Å². The maximum atomic E-state index is 6.23. The predicted molar refractivity (Wildman–Crippen MR) is 74.6 cm³/mol. The lowest BCUT2D eigenvalue weighted by Crippen LogP contribution is -2.12. The number of hydrogen-bond acceptors (Lipinski definition) is 4. The summed E-state index contributed by atoms with van der Waals surface area (Å²) in [7, 11) is 0. The summed E-state index contributed by atoms with van der Waals surface area (Å²) in [5.41, 5.74) is 7.16. The van der Waals surface area contributed by atoms with Crippen molar-refractivity contribution in [3.05, 3.63) is 23.2 Å². The third kappa shape index (κ3) is 2.42. The molecule has 1 aliphatic carbocycles. The molecule has 6 heteroatoms. The number of nitrogens with two attached hydrogens (primary N) is 1. The van der Waals surface area contributed by atoms with Gasteiger partial charge in [0.25, 0.3) is 0 Å². The Morgan fingerprint density at radius 1 is 1.47 bits per heavy atom. The number of rotatable bonds is 4. The molecule has 19 heavy (non-hydrogen) atoms. The molecule has 0 aliphatic heterocycles. The van der Waals surface area contributed by atoms with Crippen LogP contribution < -0.4 is 5.73 Å². The van der Waals surface area contributed by atoms with Crippen molar-refractivity contribution in [1.82, 2.24) is 20.2 Å². The number of anilines is 1. The van der Waals surface area contributed by atoms with Crippen molar-refractivity contribution >= 4 is 17.3 Å². The average Bonchev–Trinajstić information content (AvgIpc) is 3.15. The Bertz CT molecular complexity index is 590. The zero-order chi connectivity index (χ0) is 13.4. The fourth-order valence-electron chi connectivity index (χ4n) is 2.33. The van der Waals surface area contributed by atoms with E-state index in [1.54, 1.807) is 6.07 Å². The van der Waals surface area contributed by atoms with Gasteiger partial charge in [0.15, 0.2) is 5.82 Å². The summed E-state index contributed by atoms with van der Waals surface area (Å²) in [6, 6.07) is 5.52. The molecule has 1 aromatic heterocycles. The first-order chi connectivity index (χ1) is 9.16. The van der Waals surface area contributed by atoms with Crippen LogP contribution in [0.2, 0.25) is 5.02 Å². The van der Waals surface area contributed by atoms with Gasteiger partial charge >= 0.3 is 0 Å². The molecule has 1 aromatic carbocycles. The highest BCUT2D eigenvalue weighted by Gasteiger charge is 2.29. The van der Waals surface area contributed by atoms with Crippen LogP contribution in [0, 0.1) is 11.8 Å². The molecule has 2 N–H and O–H groups in total. The molecule has 5 nitrogen and oxygen atoms in total. The van der Waals surface area contributed by atoms with Crippen LogP contribution in [0.1, 0.15) is 19.8 Å². The normalized spacial score (nSPS) is 16.5. The number of tetrazole rings is 1. The predicted octanol–water partition coefficient (Wildman–Crippen LogP) is 2.62. The van der Waals surface area contributed by atoms with Crippen molar-refractivity contribution in [2.45, 2.75) is 26.3 Å². The van der Waals surface area contributed by atoms with E-state index >= 15 is 0 Å². The minimum Gasteiger partial charge on any atom is -0.398 e. The van der Waals surface area contributed by atoms with E-state index in [-0.39, 0.29) is 0 Å². The summed E-state index contributed by atoms with van der Waals surface area (Å²) in [4.78, 5) is 0. The number of halogens is 1. The Morgan fingerprint density at radius 2 is 2.26 bits per heavy atom. The van der Waals surface area contributed by atoms with Crippen molar-refractivity contribution in [2.75, 3.05) is 5.73 Å². The number of aromatic nitrogens is 4. The molecule has 0 spiro atoms. The lowest BCUT2D eigenvalue weighted by atomic mass is 10.1. The largest absolute Gasteiger partial charge is 0.398 e. The first-order valence-electron chi connectivity index (χ1n) is 6.47. The van der Waals surface area contributed by atoms with Gasteiger partial charge in [-0.3, -0.25) is 0 Å². The summed E-state index contributed by atoms with van der Waals surface area (Å²) < 4.78 is 1.82. The van der Waals surface area contributed by atoms with Crippen LogP contribution in [-0.2, 0) is 6.54 Å². The van der Waals surface area contributed by atoms with Crippen LogP contribution in [0.3, 0.4) is 0 Å². The molecule has 1 heterocycles. The Labute approximate surface area is 116 Å². The van der Waals surface area contributed by atoms with Gasteiger partial charge in [0.2, 0.25) is 0 Å². The van der Waals surface area contributed by atoms with E-state index in [4.69, 9.17) is 17.3 Å². The molecule has 1 atom stereocenters. The van der Waals surface area contributed by atoms with Crippen molar-refractivity contribution in [1.29, 1.82) is 0 Å². The maximum Gasteiger partial charge on any atom is 0.183 e. The van der Waals surface area contributed by atoms with Crippen molar-refractivity contribution < 1.29 is 0 Å². The highest BCUT2D eigenvalue weighted by Crippen LogP contribution is 2.38. The minimum atomic E-state index is 0.512. The summed E-state index contributed by atoms with van der Waals surface area (Å²) in [6.45, 7) is 3.06. The molecule has 0 saturated heterocycles. The third-order valence-corrected chi connectivity index (χ3v) is 4.11. The molecular formula is C13H16ClN5. The topological polar surface area (TPSA) is 69.6 Å². The van der Waals surface area contributed by atoms with Gasteiger partial charge in [-0.15, -0.1) is 5.10 Å². The van der Waals surface area contributed by atoms with E-state index in [9.17, 15) is 0 Å². The molecule has 1 fully saturated rings. The Balaban J connectivity index is 1.92. The van der Waals surface area contributed by atoms with E-state index in [0.717, 1.165) is 18.0 Å². The zero-order valence-corrected chi connectivity index (χ0v) is 11.5. The van der Waals surface area contributed by atoms with Crippen LogP contribution in [0.25, 0.3) is 11.4 Å². The van der Waals surface area contributed by atoms with Gasteiger partial charge in [0, 0.05) is 12.1 Å². The fraction of sp³-hybridized carbons (Fsp3) is 0.462. The first-order valence-corrected chi connectivity index (χ1v) is 6.85. The second-order valence-corrected chi connectivity index (χ2v) is 5.59. The standard InChI is InChI=1S/C13H16ClN5/c1-8(9-5-6-9)7-19-13(16-17-18-19)10-3-2-4-11(15)12(10)14/h2-4,8-9H,5-7,15H2,1H3. The lowest BCUT2D eigenvalue weighted by molar-refractivity contribution is 0.402. The van der Waals surface area contributed by atoms with Crippen LogP contribution in [0.5, 0.6) is 0 Å². The van der Waals surface area contributed by atoms with Gasteiger partial charge in [0.1, 0.15) is 0 Å². The maximum absolute atomic E-state index is 6.23. The minimum absolute atomic E-state index is 0.512. The average molecular weight is 278 g/mol. The molecule has 1 saturated carbocycles. The van der Waals surface area contributed by atoms with Gasteiger partial charge in [-0.25, -0.2) is 4.68 Å². The number of nitrogen functional groups attached to an aromatic ring is 1. The smallest absolute Gasteiger partial charge is 0.183 e. The summed E-state index contributed by atoms with van der Waals surface area (Å²) in [6.07, 6.45) is 2.63. The van der Waals surface area contributed by atoms with E-state index in [0.29, 0.717) is 22.5 Å². The molecule has 1 aliphatic rings. The van der Waals surface area contributed by atoms with Crippen LogP contribution >= 0.6 is 11.6 Å².